The highest BCUT2D eigenvalue weighted by Crippen LogP contribution is 2.29. The highest BCUT2D eigenvalue weighted by atomic mass is 79.9. The average Bonchev–Trinajstić information content (AvgIpc) is 2.65. The summed E-state index contributed by atoms with van der Waals surface area (Å²) in [6.07, 6.45) is -0.288. The van der Waals surface area contributed by atoms with Gasteiger partial charge in [-0.15, -0.1) is 0 Å². The van der Waals surface area contributed by atoms with Crippen LogP contribution in [0.1, 0.15) is 18.4 Å². The van der Waals surface area contributed by atoms with E-state index in [9.17, 15) is 14.4 Å². The normalized spacial score (nSPS) is 10.3. The number of hydrogen-bond acceptors (Lipinski definition) is 4. The van der Waals surface area contributed by atoms with Crippen LogP contribution >= 0.6 is 39.1 Å². The van der Waals surface area contributed by atoms with Crippen LogP contribution in [0.25, 0.3) is 0 Å². The predicted molar refractivity (Wildman–Crippen MR) is 113 cm³/mol. The van der Waals surface area contributed by atoms with Crippen molar-refractivity contribution in [2.75, 3.05) is 17.2 Å². The number of anilines is 2. The first kappa shape index (κ1) is 22.2. The van der Waals surface area contributed by atoms with Crippen LogP contribution in [0.5, 0.6) is 0 Å². The molecule has 0 radical (unpaired) electrons. The van der Waals surface area contributed by atoms with E-state index in [2.05, 4.69) is 26.6 Å². The van der Waals surface area contributed by atoms with E-state index in [0.29, 0.717) is 16.4 Å². The fourth-order valence-electron chi connectivity index (χ4n) is 2.17. The summed E-state index contributed by atoms with van der Waals surface area (Å²) in [6.45, 7) is 1.46. The Morgan fingerprint density at radius 1 is 1.04 bits per heavy atom. The topological polar surface area (TPSA) is 84.5 Å². The Kier molecular flexibility index (Phi) is 8.29. The molecule has 148 valence electrons. The van der Waals surface area contributed by atoms with Crippen LogP contribution < -0.4 is 10.6 Å². The van der Waals surface area contributed by atoms with Crippen molar-refractivity contribution in [2.45, 2.75) is 19.8 Å². The highest BCUT2D eigenvalue weighted by Gasteiger charge is 2.13. The number of nitrogens with one attached hydrogen (secondary N) is 2. The second-order valence-electron chi connectivity index (χ2n) is 5.82. The van der Waals surface area contributed by atoms with Crippen molar-refractivity contribution in [1.82, 2.24) is 0 Å². The van der Waals surface area contributed by atoms with E-state index in [1.165, 1.54) is 0 Å². The third kappa shape index (κ3) is 6.82. The molecular formula is C19H17BrCl2N2O4. The minimum Gasteiger partial charge on any atom is -0.456 e. The molecule has 0 aliphatic carbocycles. The van der Waals surface area contributed by atoms with Crippen LogP contribution in [0.3, 0.4) is 0 Å². The van der Waals surface area contributed by atoms with E-state index in [4.69, 9.17) is 27.9 Å². The molecule has 2 aromatic carbocycles. The lowest BCUT2D eigenvalue weighted by Gasteiger charge is -2.09. The van der Waals surface area contributed by atoms with Crippen molar-refractivity contribution in [3.63, 3.8) is 0 Å². The number of halogens is 3. The SMILES string of the molecule is Cc1cc(NC(=O)COC(=O)CCC(=O)Nc2cccc(Cl)c2Cl)ccc1Br. The van der Waals surface area contributed by atoms with Gasteiger partial charge in [0.25, 0.3) is 5.91 Å². The quantitative estimate of drug-likeness (QED) is 0.540. The molecule has 9 heteroatoms. The first-order valence-corrected chi connectivity index (χ1v) is 9.76. The summed E-state index contributed by atoms with van der Waals surface area (Å²) in [7, 11) is 0. The number of ether oxygens (including phenoxy) is 1. The molecule has 0 atom stereocenters. The molecule has 0 heterocycles. The van der Waals surface area contributed by atoms with E-state index in [-0.39, 0.29) is 17.9 Å². The Morgan fingerprint density at radius 3 is 2.50 bits per heavy atom. The minimum atomic E-state index is -0.658. The maximum absolute atomic E-state index is 11.9. The maximum atomic E-state index is 11.9. The number of carbonyl (C=O) groups excluding carboxylic acids is 3. The molecule has 28 heavy (non-hydrogen) atoms. The second kappa shape index (κ2) is 10.5. The van der Waals surface area contributed by atoms with Crippen molar-refractivity contribution >= 4 is 68.3 Å². The highest BCUT2D eigenvalue weighted by molar-refractivity contribution is 9.10. The molecule has 0 saturated carbocycles. The summed E-state index contributed by atoms with van der Waals surface area (Å²) < 4.78 is 5.81. The minimum absolute atomic E-state index is 0.116. The standard InChI is InChI=1S/C19H17BrCl2N2O4/c1-11-9-12(5-6-13(11)20)23-17(26)10-28-18(27)8-7-16(25)24-15-4-2-3-14(21)19(15)22/h2-6,9H,7-8,10H2,1H3,(H,23,26)(H,24,25). The Labute approximate surface area is 180 Å². The lowest BCUT2D eigenvalue weighted by atomic mass is 10.2. The maximum Gasteiger partial charge on any atom is 0.306 e. The summed E-state index contributed by atoms with van der Waals surface area (Å²) in [5.74, 6) is -1.55. The second-order valence-corrected chi connectivity index (χ2v) is 7.46. The van der Waals surface area contributed by atoms with Gasteiger partial charge in [-0.05, 0) is 42.8 Å². The lowest BCUT2D eigenvalue weighted by molar-refractivity contribution is -0.147. The summed E-state index contributed by atoms with van der Waals surface area (Å²) in [5.41, 5.74) is 1.91. The first-order valence-electron chi connectivity index (χ1n) is 8.21. The van der Waals surface area contributed by atoms with Gasteiger partial charge in [-0.25, -0.2) is 0 Å². The van der Waals surface area contributed by atoms with Gasteiger partial charge in [-0.3, -0.25) is 14.4 Å². The molecule has 0 spiro atoms. The third-order valence-electron chi connectivity index (χ3n) is 3.59. The van der Waals surface area contributed by atoms with Gasteiger partial charge in [0.2, 0.25) is 5.91 Å². The molecule has 2 rings (SSSR count). The largest absolute Gasteiger partial charge is 0.456 e. The van der Waals surface area contributed by atoms with Crippen LogP contribution in [-0.2, 0) is 19.1 Å². The summed E-state index contributed by atoms with van der Waals surface area (Å²) in [5, 5.41) is 5.73. The number of benzene rings is 2. The van der Waals surface area contributed by atoms with Crippen molar-refractivity contribution in [3.8, 4) is 0 Å². The fraction of sp³-hybridized carbons (Fsp3) is 0.211. The molecule has 0 aromatic heterocycles. The molecule has 0 aliphatic heterocycles. The van der Waals surface area contributed by atoms with Gasteiger partial charge < -0.3 is 15.4 Å². The third-order valence-corrected chi connectivity index (χ3v) is 5.30. The van der Waals surface area contributed by atoms with E-state index < -0.39 is 24.4 Å². The molecule has 6 nitrogen and oxygen atoms in total. The first-order chi connectivity index (χ1) is 13.3. The molecule has 0 saturated heterocycles. The Hall–Kier alpha value is -2.09. The van der Waals surface area contributed by atoms with Gasteiger partial charge in [0.05, 0.1) is 22.2 Å². The van der Waals surface area contributed by atoms with Crippen molar-refractivity contribution < 1.29 is 19.1 Å². The van der Waals surface area contributed by atoms with Gasteiger partial charge in [-0.1, -0.05) is 45.2 Å². The van der Waals surface area contributed by atoms with Gasteiger partial charge in [0.1, 0.15) is 0 Å². The molecule has 2 amide bonds. The van der Waals surface area contributed by atoms with Crippen LogP contribution in [-0.4, -0.2) is 24.4 Å². The lowest BCUT2D eigenvalue weighted by Crippen LogP contribution is -2.21. The van der Waals surface area contributed by atoms with Crippen LogP contribution in [0.4, 0.5) is 11.4 Å². The molecule has 0 bridgehead atoms. The van der Waals surface area contributed by atoms with Gasteiger partial charge >= 0.3 is 5.97 Å². The fourth-order valence-corrected chi connectivity index (χ4v) is 2.76. The summed E-state index contributed by atoms with van der Waals surface area (Å²) in [6, 6.07) is 10.2. The Bertz CT molecular complexity index is 905. The zero-order valence-electron chi connectivity index (χ0n) is 14.9. The predicted octanol–water partition coefficient (Wildman–Crippen LogP) is 4.96. The molecule has 2 aromatic rings. The van der Waals surface area contributed by atoms with Crippen molar-refractivity contribution in [1.29, 1.82) is 0 Å². The van der Waals surface area contributed by atoms with E-state index >= 15 is 0 Å². The average molecular weight is 488 g/mol. The number of amides is 2. The molecule has 0 fully saturated rings. The number of rotatable bonds is 7. The van der Waals surface area contributed by atoms with Crippen LogP contribution in [0.15, 0.2) is 40.9 Å². The number of carbonyl (C=O) groups is 3. The van der Waals surface area contributed by atoms with Gasteiger partial charge in [-0.2, -0.15) is 0 Å². The molecule has 0 unspecified atom stereocenters. The molecule has 0 aliphatic rings. The monoisotopic (exact) mass is 486 g/mol. The van der Waals surface area contributed by atoms with Gasteiger partial charge in [0, 0.05) is 16.6 Å². The van der Waals surface area contributed by atoms with Gasteiger partial charge in [0.15, 0.2) is 6.61 Å². The molecule has 2 N–H and O–H groups in total. The summed E-state index contributed by atoms with van der Waals surface area (Å²) in [4.78, 5) is 35.5. The number of aryl methyl sites for hydroxylation is 1. The molecular weight excluding hydrogens is 471 g/mol. The zero-order valence-corrected chi connectivity index (χ0v) is 18.0. The van der Waals surface area contributed by atoms with E-state index in [1.807, 2.05) is 13.0 Å². The van der Waals surface area contributed by atoms with Crippen LogP contribution in [0, 0.1) is 6.92 Å². The van der Waals surface area contributed by atoms with E-state index in [1.54, 1.807) is 30.3 Å². The summed E-state index contributed by atoms with van der Waals surface area (Å²) >= 11 is 15.2. The van der Waals surface area contributed by atoms with Crippen molar-refractivity contribution in [2.24, 2.45) is 0 Å². The number of hydrogen-bond donors (Lipinski definition) is 2. The zero-order chi connectivity index (χ0) is 20.7. The Morgan fingerprint density at radius 2 is 1.79 bits per heavy atom. The van der Waals surface area contributed by atoms with Crippen molar-refractivity contribution in [3.05, 3.63) is 56.5 Å². The Balaban J connectivity index is 1.73. The van der Waals surface area contributed by atoms with Crippen LogP contribution in [0.2, 0.25) is 10.0 Å². The van der Waals surface area contributed by atoms with E-state index in [0.717, 1.165) is 10.0 Å². The number of esters is 1. The smallest absolute Gasteiger partial charge is 0.306 e.